The van der Waals surface area contributed by atoms with Crippen LogP contribution in [-0.2, 0) is 4.79 Å². The van der Waals surface area contributed by atoms with Gasteiger partial charge in [0.15, 0.2) is 0 Å². The lowest BCUT2D eigenvalue weighted by Crippen LogP contribution is -2.38. The molecule has 0 aliphatic rings. The minimum absolute atomic E-state index is 0.0824. The standard InChI is InChI=1S/C14H21NO3S/c1-4-18-11-5-7-12(8-6-11)19-9-13(16)15-10-14(2,3)17/h5-8,17H,4,9-10H2,1-3H3,(H,15,16). The van der Waals surface area contributed by atoms with E-state index >= 15 is 0 Å². The van der Waals surface area contributed by atoms with Crippen molar-refractivity contribution in [2.45, 2.75) is 31.3 Å². The number of hydrogen-bond acceptors (Lipinski definition) is 4. The first-order valence-electron chi connectivity index (χ1n) is 6.25. The third-order valence-electron chi connectivity index (χ3n) is 2.22. The van der Waals surface area contributed by atoms with Gasteiger partial charge in [-0.3, -0.25) is 4.79 Å². The number of hydrogen-bond donors (Lipinski definition) is 2. The maximum atomic E-state index is 11.6. The summed E-state index contributed by atoms with van der Waals surface area (Å²) in [5.74, 6) is 1.09. The Morgan fingerprint density at radius 3 is 2.53 bits per heavy atom. The van der Waals surface area contributed by atoms with Crippen LogP contribution < -0.4 is 10.1 Å². The van der Waals surface area contributed by atoms with Gasteiger partial charge in [0.25, 0.3) is 0 Å². The van der Waals surface area contributed by atoms with Gasteiger partial charge in [0.2, 0.25) is 5.91 Å². The Kier molecular flexibility index (Phi) is 6.18. The molecule has 1 aromatic carbocycles. The highest BCUT2D eigenvalue weighted by Gasteiger charge is 2.13. The largest absolute Gasteiger partial charge is 0.494 e. The summed E-state index contributed by atoms with van der Waals surface area (Å²) >= 11 is 1.46. The molecular weight excluding hydrogens is 262 g/mol. The van der Waals surface area contributed by atoms with Crippen molar-refractivity contribution in [3.8, 4) is 5.75 Å². The van der Waals surface area contributed by atoms with E-state index in [2.05, 4.69) is 5.32 Å². The Bertz CT molecular complexity index is 398. The van der Waals surface area contributed by atoms with Gasteiger partial charge in [0.05, 0.1) is 18.0 Å². The Hall–Kier alpha value is -1.20. The molecule has 4 nitrogen and oxygen atoms in total. The number of carbonyl (C=O) groups excluding carboxylic acids is 1. The maximum Gasteiger partial charge on any atom is 0.230 e. The van der Waals surface area contributed by atoms with E-state index in [1.807, 2.05) is 31.2 Å². The van der Waals surface area contributed by atoms with E-state index in [0.717, 1.165) is 10.6 Å². The van der Waals surface area contributed by atoms with Gasteiger partial charge < -0.3 is 15.2 Å². The summed E-state index contributed by atoms with van der Waals surface area (Å²) in [5.41, 5.74) is -0.876. The van der Waals surface area contributed by atoms with Crippen molar-refractivity contribution in [3.05, 3.63) is 24.3 Å². The molecule has 5 heteroatoms. The Labute approximate surface area is 118 Å². The molecule has 19 heavy (non-hydrogen) atoms. The Morgan fingerprint density at radius 2 is 2.00 bits per heavy atom. The highest BCUT2D eigenvalue weighted by Crippen LogP contribution is 2.21. The molecule has 0 fully saturated rings. The van der Waals surface area contributed by atoms with Crippen LogP contribution in [0, 0.1) is 0 Å². The average molecular weight is 283 g/mol. The predicted molar refractivity (Wildman–Crippen MR) is 77.6 cm³/mol. The molecule has 0 radical (unpaired) electrons. The summed E-state index contributed by atoms with van der Waals surface area (Å²) in [6.45, 7) is 6.16. The number of benzene rings is 1. The fourth-order valence-corrected chi connectivity index (χ4v) is 2.04. The molecule has 0 aromatic heterocycles. The molecule has 0 unspecified atom stereocenters. The third kappa shape index (κ3) is 7.08. The van der Waals surface area contributed by atoms with Gasteiger partial charge in [-0.1, -0.05) is 0 Å². The number of rotatable bonds is 7. The minimum Gasteiger partial charge on any atom is -0.494 e. The lowest BCUT2D eigenvalue weighted by molar-refractivity contribution is -0.119. The second-order valence-electron chi connectivity index (χ2n) is 4.78. The molecule has 0 heterocycles. The summed E-state index contributed by atoms with van der Waals surface area (Å²) < 4.78 is 5.35. The molecule has 0 saturated carbocycles. The SMILES string of the molecule is CCOc1ccc(SCC(=O)NCC(C)(C)O)cc1. The minimum atomic E-state index is -0.876. The van der Waals surface area contributed by atoms with Crippen molar-refractivity contribution < 1.29 is 14.6 Å². The molecule has 0 aliphatic carbocycles. The zero-order chi connectivity index (χ0) is 14.3. The summed E-state index contributed by atoms with van der Waals surface area (Å²) in [6.07, 6.45) is 0. The second-order valence-corrected chi connectivity index (χ2v) is 5.83. The number of carbonyl (C=O) groups is 1. The molecule has 0 aliphatic heterocycles. The van der Waals surface area contributed by atoms with Crippen molar-refractivity contribution in [3.63, 3.8) is 0 Å². The highest BCUT2D eigenvalue weighted by molar-refractivity contribution is 8.00. The van der Waals surface area contributed by atoms with Crippen molar-refractivity contribution >= 4 is 17.7 Å². The molecule has 0 bridgehead atoms. The van der Waals surface area contributed by atoms with Gasteiger partial charge in [-0.2, -0.15) is 0 Å². The fourth-order valence-electron chi connectivity index (χ4n) is 1.31. The average Bonchev–Trinajstić information content (AvgIpc) is 2.35. The van der Waals surface area contributed by atoms with Crippen LogP contribution in [0.3, 0.4) is 0 Å². The monoisotopic (exact) mass is 283 g/mol. The molecule has 2 N–H and O–H groups in total. The maximum absolute atomic E-state index is 11.6. The van der Waals surface area contributed by atoms with Crippen LogP contribution in [0.1, 0.15) is 20.8 Å². The number of ether oxygens (including phenoxy) is 1. The van der Waals surface area contributed by atoms with Gasteiger partial charge in [-0.05, 0) is 45.0 Å². The Morgan fingerprint density at radius 1 is 1.37 bits per heavy atom. The van der Waals surface area contributed by atoms with Crippen LogP contribution in [0.5, 0.6) is 5.75 Å². The van der Waals surface area contributed by atoms with Crippen molar-refractivity contribution in [2.24, 2.45) is 0 Å². The van der Waals surface area contributed by atoms with Crippen molar-refractivity contribution in [1.29, 1.82) is 0 Å². The molecule has 106 valence electrons. The highest BCUT2D eigenvalue weighted by atomic mass is 32.2. The summed E-state index contributed by atoms with van der Waals surface area (Å²) in [6, 6.07) is 7.64. The summed E-state index contributed by atoms with van der Waals surface area (Å²) in [7, 11) is 0. The first-order valence-corrected chi connectivity index (χ1v) is 7.24. The van der Waals surface area contributed by atoms with Crippen LogP contribution in [0.4, 0.5) is 0 Å². The van der Waals surface area contributed by atoms with Crippen LogP contribution in [0.15, 0.2) is 29.2 Å². The number of nitrogens with one attached hydrogen (secondary N) is 1. The Balaban J connectivity index is 2.33. The smallest absolute Gasteiger partial charge is 0.230 e. The number of aliphatic hydroxyl groups is 1. The quantitative estimate of drug-likeness (QED) is 0.752. The van der Waals surface area contributed by atoms with E-state index in [0.29, 0.717) is 12.4 Å². The van der Waals surface area contributed by atoms with E-state index in [1.54, 1.807) is 13.8 Å². The lowest BCUT2D eigenvalue weighted by atomic mass is 10.1. The third-order valence-corrected chi connectivity index (χ3v) is 3.23. The van der Waals surface area contributed by atoms with Gasteiger partial charge in [0, 0.05) is 11.4 Å². The second kappa shape index (κ2) is 7.40. The molecule has 1 rings (SSSR count). The molecular formula is C14H21NO3S. The van der Waals surface area contributed by atoms with E-state index in [9.17, 15) is 9.90 Å². The molecule has 0 atom stereocenters. The molecule has 0 spiro atoms. The van der Waals surface area contributed by atoms with Gasteiger partial charge in [0.1, 0.15) is 5.75 Å². The van der Waals surface area contributed by atoms with E-state index in [1.165, 1.54) is 11.8 Å². The van der Waals surface area contributed by atoms with Crippen LogP contribution in [0.25, 0.3) is 0 Å². The number of amides is 1. The molecule has 0 saturated heterocycles. The topological polar surface area (TPSA) is 58.6 Å². The van der Waals surface area contributed by atoms with Crippen LogP contribution >= 0.6 is 11.8 Å². The van der Waals surface area contributed by atoms with E-state index < -0.39 is 5.60 Å². The predicted octanol–water partition coefficient (Wildman–Crippen LogP) is 2.06. The number of thioether (sulfide) groups is 1. The van der Waals surface area contributed by atoms with Crippen LogP contribution in [0.2, 0.25) is 0 Å². The molecule has 1 amide bonds. The first kappa shape index (κ1) is 15.9. The van der Waals surface area contributed by atoms with Crippen molar-refractivity contribution in [2.75, 3.05) is 18.9 Å². The summed E-state index contributed by atoms with van der Waals surface area (Å²) in [4.78, 5) is 12.6. The lowest BCUT2D eigenvalue weighted by Gasteiger charge is -2.17. The summed E-state index contributed by atoms with van der Waals surface area (Å²) in [5, 5.41) is 12.2. The normalized spacial score (nSPS) is 11.2. The van der Waals surface area contributed by atoms with E-state index in [-0.39, 0.29) is 12.5 Å². The van der Waals surface area contributed by atoms with Gasteiger partial charge >= 0.3 is 0 Å². The first-order chi connectivity index (χ1) is 8.90. The van der Waals surface area contributed by atoms with Gasteiger partial charge in [-0.15, -0.1) is 11.8 Å². The van der Waals surface area contributed by atoms with E-state index in [4.69, 9.17) is 4.74 Å². The molecule has 1 aromatic rings. The van der Waals surface area contributed by atoms with Crippen LogP contribution in [-0.4, -0.2) is 35.5 Å². The van der Waals surface area contributed by atoms with Crippen molar-refractivity contribution in [1.82, 2.24) is 5.32 Å². The zero-order valence-corrected chi connectivity index (χ0v) is 12.4. The fraction of sp³-hybridized carbons (Fsp3) is 0.500. The van der Waals surface area contributed by atoms with Gasteiger partial charge in [-0.25, -0.2) is 0 Å². The zero-order valence-electron chi connectivity index (χ0n) is 11.6.